The van der Waals surface area contributed by atoms with Crippen LogP contribution >= 0.6 is 0 Å². The van der Waals surface area contributed by atoms with Crippen LogP contribution in [0.4, 0.5) is 17.1 Å². The molecule has 4 aromatic carbocycles. The smallest absolute Gasteiger partial charge is 0.0541 e. The maximum atomic E-state index is 2.38. The Kier molecular flexibility index (Phi) is 3.41. The summed E-state index contributed by atoms with van der Waals surface area (Å²) >= 11 is 0. The molecule has 2 heterocycles. The minimum atomic E-state index is 1.17. The first-order valence-corrected chi connectivity index (χ1v) is 9.95. The zero-order chi connectivity index (χ0) is 19.4. The highest BCUT2D eigenvalue weighted by atomic mass is 15.1. The first-order valence-electron chi connectivity index (χ1n) is 9.95. The Balaban J connectivity index is 1.73. The second-order valence-electron chi connectivity index (χ2n) is 7.57. The molecule has 0 spiro atoms. The van der Waals surface area contributed by atoms with Crippen LogP contribution in [0.2, 0.25) is 0 Å². The Bertz CT molecular complexity index is 1410. The summed E-state index contributed by atoms with van der Waals surface area (Å²) in [5.41, 5.74) is 8.55. The molecule has 0 radical (unpaired) electrons. The van der Waals surface area contributed by atoms with Crippen LogP contribution in [0.3, 0.4) is 0 Å². The van der Waals surface area contributed by atoms with Gasteiger partial charge in [-0.3, -0.25) is 0 Å². The molecule has 29 heavy (non-hydrogen) atoms. The van der Waals surface area contributed by atoms with Crippen molar-refractivity contribution in [2.75, 3.05) is 4.90 Å². The molecule has 0 N–H and O–H groups in total. The van der Waals surface area contributed by atoms with Crippen LogP contribution in [0.5, 0.6) is 0 Å². The molecule has 0 amide bonds. The Morgan fingerprint density at radius 2 is 1.28 bits per heavy atom. The van der Waals surface area contributed by atoms with E-state index in [-0.39, 0.29) is 0 Å². The number of aryl methyl sites for hydroxylation is 1. The van der Waals surface area contributed by atoms with Crippen LogP contribution < -0.4 is 4.90 Å². The molecule has 0 unspecified atom stereocenters. The number of hydrogen-bond acceptors (Lipinski definition) is 1. The molecular formula is C27H20N2. The maximum absolute atomic E-state index is 2.38. The summed E-state index contributed by atoms with van der Waals surface area (Å²) in [6.45, 7) is 0. The van der Waals surface area contributed by atoms with Crippen molar-refractivity contribution < 1.29 is 0 Å². The van der Waals surface area contributed by atoms with Gasteiger partial charge in [0, 0.05) is 40.1 Å². The molecule has 2 heteroatoms. The molecule has 0 fully saturated rings. The average molecular weight is 372 g/mol. The highest BCUT2D eigenvalue weighted by Crippen LogP contribution is 2.44. The van der Waals surface area contributed by atoms with Gasteiger partial charge in [0.1, 0.15) is 0 Å². The number of rotatable bonds is 1. The van der Waals surface area contributed by atoms with Crippen molar-refractivity contribution in [3.05, 3.63) is 102 Å². The number of benzene rings is 4. The molecule has 2 nitrogen and oxygen atoms in total. The quantitative estimate of drug-likeness (QED) is 0.294. The third-order valence-electron chi connectivity index (χ3n) is 5.94. The number of fused-ring (bicyclic) bond motifs is 5. The van der Waals surface area contributed by atoms with E-state index in [0.29, 0.717) is 0 Å². The van der Waals surface area contributed by atoms with Crippen molar-refractivity contribution in [3.63, 3.8) is 0 Å². The molecule has 1 aliphatic rings. The van der Waals surface area contributed by atoms with Gasteiger partial charge in [-0.05, 0) is 42.0 Å². The lowest BCUT2D eigenvalue weighted by Crippen LogP contribution is -2.11. The van der Waals surface area contributed by atoms with Crippen molar-refractivity contribution in [1.82, 2.24) is 4.57 Å². The van der Waals surface area contributed by atoms with E-state index >= 15 is 0 Å². The number of nitrogens with zero attached hydrogens (tertiary/aromatic N) is 2. The Labute approximate surface area is 169 Å². The lowest BCUT2D eigenvalue weighted by atomic mass is 10.1. The Hall–Kier alpha value is -3.78. The van der Waals surface area contributed by atoms with Crippen LogP contribution in [0.1, 0.15) is 11.1 Å². The van der Waals surface area contributed by atoms with Crippen molar-refractivity contribution >= 4 is 51.0 Å². The number of anilines is 3. The molecule has 0 saturated carbocycles. The molecule has 0 atom stereocenters. The molecular weight excluding hydrogens is 352 g/mol. The summed E-state index contributed by atoms with van der Waals surface area (Å²) in [4.78, 5) is 2.38. The van der Waals surface area contributed by atoms with Crippen molar-refractivity contribution in [2.24, 2.45) is 7.05 Å². The number of para-hydroxylation sites is 3. The fourth-order valence-corrected chi connectivity index (χ4v) is 4.53. The van der Waals surface area contributed by atoms with Crippen molar-refractivity contribution in [2.45, 2.75) is 0 Å². The minimum Gasteiger partial charge on any atom is -0.344 e. The third kappa shape index (κ3) is 2.36. The van der Waals surface area contributed by atoms with Crippen LogP contribution in [-0.4, -0.2) is 4.57 Å². The molecule has 1 aromatic heterocycles. The van der Waals surface area contributed by atoms with E-state index in [9.17, 15) is 0 Å². The van der Waals surface area contributed by atoms with Crippen LogP contribution in [-0.2, 0) is 7.05 Å². The fourth-order valence-electron chi connectivity index (χ4n) is 4.53. The van der Waals surface area contributed by atoms with E-state index in [2.05, 4.69) is 120 Å². The lowest BCUT2D eigenvalue weighted by Gasteiger charge is -2.27. The highest BCUT2D eigenvalue weighted by Gasteiger charge is 2.21. The summed E-state index contributed by atoms with van der Waals surface area (Å²) in [5, 5.41) is 2.58. The standard InChI is InChI=1S/C27H20N2/c1-28-25-14-8-6-12-22(25)23-18-26-20(17-27(23)28)16-15-19-9-5-7-13-24(19)29(26)21-10-3-2-4-11-21/h2-18H,1H3. The van der Waals surface area contributed by atoms with E-state index in [4.69, 9.17) is 0 Å². The number of hydrogen-bond donors (Lipinski definition) is 0. The predicted octanol–water partition coefficient (Wildman–Crippen LogP) is 7.29. The zero-order valence-electron chi connectivity index (χ0n) is 16.2. The van der Waals surface area contributed by atoms with Gasteiger partial charge in [-0.1, -0.05) is 66.7 Å². The topological polar surface area (TPSA) is 8.17 Å². The van der Waals surface area contributed by atoms with Gasteiger partial charge in [0.15, 0.2) is 0 Å². The summed E-state index contributed by atoms with van der Waals surface area (Å²) < 4.78 is 2.30. The first-order chi connectivity index (χ1) is 14.3. The summed E-state index contributed by atoms with van der Waals surface area (Å²) in [5.74, 6) is 0. The van der Waals surface area contributed by atoms with E-state index in [0.717, 1.165) is 0 Å². The maximum Gasteiger partial charge on any atom is 0.0541 e. The normalized spacial score (nSPS) is 12.8. The molecule has 6 rings (SSSR count). The van der Waals surface area contributed by atoms with Gasteiger partial charge in [0.05, 0.1) is 11.4 Å². The third-order valence-corrected chi connectivity index (χ3v) is 5.94. The van der Waals surface area contributed by atoms with Gasteiger partial charge >= 0.3 is 0 Å². The molecule has 0 saturated heterocycles. The molecule has 0 aliphatic carbocycles. The van der Waals surface area contributed by atoms with Crippen LogP contribution in [0, 0.1) is 0 Å². The van der Waals surface area contributed by atoms with E-state index in [1.807, 2.05) is 0 Å². The Morgan fingerprint density at radius 1 is 0.552 bits per heavy atom. The molecule has 5 aromatic rings. The zero-order valence-corrected chi connectivity index (χ0v) is 16.2. The summed E-state index contributed by atoms with van der Waals surface area (Å²) in [6.07, 6.45) is 4.47. The van der Waals surface area contributed by atoms with Crippen LogP contribution in [0.15, 0.2) is 91.0 Å². The lowest BCUT2D eigenvalue weighted by molar-refractivity contribution is 1.01. The van der Waals surface area contributed by atoms with E-state index in [1.165, 1.54) is 50.0 Å². The van der Waals surface area contributed by atoms with Gasteiger partial charge in [-0.25, -0.2) is 0 Å². The van der Waals surface area contributed by atoms with Gasteiger partial charge in [-0.2, -0.15) is 0 Å². The summed E-state index contributed by atoms with van der Waals surface area (Å²) in [6, 6.07) is 32.6. The number of aromatic nitrogens is 1. The monoisotopic (exact) mass is 372 g/mol. The molecule has 138 valence electrons. The van der Waals surface area contributed by atoms with Crippen molar-refractivity contribution in [1.29, 1.82) is 0 Å². The predicted molar refractivity (Wildman–Crippen MR) is 124 cm³/mol. The summed E-state index contributed by atoms with van der Waals surface area (Å²) in [7, 11) is 2.15. The SMILES string of the molecule is Cn1c2ccccc2c2cc3c(cc21)C=Cc1ccccc1N3c1ccccc1. The Morgan fingerprint density at radius 3 is 2.17 bits per heavy atom. The van der Waals surface area contributed by atoms with E-state index < -0.39 is 0 Å². The average Bonchev–Trinajstić information content (AvgIpc) is 2.95. The highest BCUT2D eigenvalue weighted by molar-refractivity contribution is 6.11. The molecule has 0 bridgehead atoms. The largest absolute Gasteiger partial charge is 0.344 e. The second-order valence-corrected chi connectivity index (χ2v) is 7.57. The minimum absolute atomic E-state index is 1.17. The van der Waals surface area contributed by atoms with Gasteiger partial charge in [0.2, 0.25) is 0 Å². The van der Waals surface area contributed by atoms with Crippen LogP contribution in [0.25, 0.3) is 34.0 Å². The molecule has 1 aliphatic heterocycles. The first kappa shape index (κ1) is 16.2. The van der Waals surface area contributed by atoms with Gasteiger partial charge in [-0.15, -0.1) is 0 Å². The second kappa shape index (κ2) is 6.11. The van der Waals surface area contributed by atoms with Gasteiger partial charge in [0.25, 0.3) is 0 Å². The van der Waals surface area contributed by atoms with E-state index in [1.54, 1.807) is 0 Å². The fraction of sp³-hybridized carbons (Fsp3) is 0.0370. The van der Waals surface area contributed by atoms with Gasteiger partial charge < -0.3 is 9.47 Å². The van der Waals surface area contributed by atoms with Crippen molar-refractivity contribution in [3.8, 4) is 0 Å².